The average Bonchev–Trinajstić information content (AvgIpc) is 3.22. The standard InChI is InChI=1S/C31H26N2O4S/c1-3-36-30(35)28-21(2)32-31-33(26(28)18-17-22-11-6-4-7-12-22)29(34)27(38-31)20-23-13-10-16-25(19-23)37-24-14-8-5-9-15-24/h4-20,26H,3H2,1-2H3/b18-17+,27-20+. The number of aromatic nitrogens is 1. The molecule has 1 aromatic heterocycles. The number of carbonyl (C=O) groups is 1. The summed E-state index contributed by atoms with van der Waals surface area (Å²) in [5, 5.41) is 0. The second-order valence-corrected chi connectivity index (χ2v) is 9.61. The molecule has 0 N–H and O–H groups in total. The Morgan fingerprint density at radius 1 is 0.974 bits per heavy atom. The number of nitrogens with zero attached hydrogens (tertiary/aromatic N) is 2. The lowest BCUT2D eigenvalue weighted by molar-refractivity contribution is -0.139. The van der Waals surface area contributed by atoms with Crippen molar-refractivity contribution in [2.24, 2.45) is 4.99 Å². The van der Waals surface area contributed by atoms with E-state index in [0.29, 0.717) is 26.4 Å². The van der Waals surface area contributed by atoms with E-state index in [1.807, 2.05) is 103 Å². The Labute approximate surface area is 224 Å². The minimum atomic E-state index is -0.639. The first-order valence-corrected chi connectivity index (χ1v) is 13.1. The van der Waals surface area contributed by atoms with Gasteiger partial charge in [0.2, 0.25) is 0 Å². The zero-order valence-corrected chi connectivity index (χ0v) is 21.9. The number of rotatable bonds is 7. The molecule has 1 aliphatic heterocycles. The molecule has 0 radical (unpaired) electrons. The van der Waals surface area contributed by atoms with E-state index in [1.54, 1.807) is 18.4 Å². The van der Waals surface area contributed by atoms with Gasteiger partial charge in [-0.1, -0.05) is 84.2 Å². The van der Waals surface area contributed by atoms with Crippen LogP contribution in [0.2, 0.25) is 0 Å². The van der Waals surface area contributed by atoms with Crippen LogP contribution < -0.4 is 19.6 Å². The molecule has 1 atom stereocenters. The fraction of sp³-hybridized carbons (Fsp3) is 0.129. The third-order valence-electron chi connectivity index (χ3n) is 5.96. The summed E-state index contributed by atoms with van der Waals surface area (Å²) < 4.78 is 13.4. The Balaban J connectivity index is 1.57. The van der Waals surface area contributed by atoms with Crippen LogP contribution in [0.15, 0.2) is 112 Å². The van der Waals surface area contributed by atoms with E-state index in [4.69, 9.17) is 9.47 Å². The van der Waals surface area contributed by atoms with E-state index >= 15 is 0 Å². The molecule has 5 rings (SSSR count). The number of ether oxygens (including phenoxy) is 2. The van der Waals surface area contributed by atoms with Gasteiger partial charge in [-0.05, 0) is 55.3 Å². The number of hydrogen-bond donors (Lipinski definition) is 0. The van der Waals surface area contributed by atoms with Gasteiger partial charge in [-0.3, -0.25) is 9.36 Å². The molecule has 0 saturated heterocycles. The maximum absolute atomic E-state index is 13.7. The van der Waals surface area contributed by atoms with Gasteiger partial charge in [0.25, 0.3) is 5.56 Å². The van der Waals surface area contributed by atoms with E-state index in [2.05, 4.69) is 4.99 Å². The minimum Gasteiger partial charge on any atom is -0.463 e. The number of fused-ring (bicyclic) bond motifs is 1. The first-order chi connectivity index (χ1) is 18.5. The molecule has 0 amide bonds. The summed E-state index contributed by atoms with van der Waals surface area (Å²) in [5.74, 6) is 0.925. The maximum atomic E-state index is 13.7. The third-order valence-corrected chi connectivity index (χ3v) is 6.95. The molecular formula is C31H26N2O4S. The largest absolute Gasteiger partial charge is 0.463 e. The zero-order chi connectivity index (χ0) is 26.5. The molecule has 0 fully saturated rings. The van der Waals surface area contributed by atoms with Crippen LogP contribution in [0.4, 0.5) is 0 Å². The molecule has 7 heteroatoms. The number of para-hydroxylation sites is 1. The Morgan fingerprint density at radius 3 is 2.39 bits per heavy atom. The van der Waals surface area contributed by atoms with Crippen LogP contribution in [0.1, 0.15) is 31.0 Å². The molecule has 190 valence electrons. The fourth-order valence-electron chi connectivity index (χ4n) is 4.23. The van der Waals surface area contributed by atoms with Gasteiger partial charge >= 0.3 is 5.97 Å². The van der Waals surface area contributed by atoms with Crippen molar-refractivity contribution in [3.63, 3.8) is 0 Å². The summed E-state index contributed by atoms with van der Waals surface area (Å²) in [4.78, 5) is 31.8. The molecule has 4 aromatic rings. The van der Waals surface area contributed by atoms with Gasteiger partial charge in [-0.15, -0.1) is 0 Å². The van der Waals surface area contributed by atoms with Crippen LogP contribution >= 0.6 is 11.3 Å². The molecule has 2 heterocycles. The van der Waals surface area contributed by atoms with Gasteiger partial charge in [0.1, 0.15) is 11.5 Å². The van der Waals surface area contributed by atoms with E-state index in [9.17, 15) is 9.59 Å². The van der Waals surface area contributed by atoms with Crippen molar-refractivity contribution in [2.45, 2.75) is 19.9 Å². The van der Waals surface area contributed by atoms with Crippen molar-refractivity contribution < 1.29 is 14.3 Å². The number of benzene rings is 3. The monoisotopic (exact) mass is 522 g/mol. The summed E-state index contributed by atoms with van der Waals surface area (Å²) in [7, 11) is 0. The average molecular weight is 523 g/mol. The number of thiazole rings is 1. The summed E-state index contributed by atoms with van der Waals surface area (Å²) in [6, 6.07) is 26.2. The predicted molar refractivity (Wildman–Crippen MR) is 150 cm³/mol. The molecule has 3 aromatic carbocycles. The summed E-state index contributed by atoms with van der Waals surface area (Å²) in [6.45, 7) is 3.76. The molecule has 1 aliphatic rings. The second kappa shape index (κ2) is 11.3. The van der Waals surface area contributed by atoms with E-state index in [1.165, 1.54) is 11.3 Å². The highest BCUT2D eigenvalue weighted by Gasteiger charge is 2.30. The third kappa shape index (κ3) is 5.43. The lowest BCUT2D eigenvalue weighted by Gasteiger charge is -2.21. The van der Waals surface area contributed by atoms with Crippen LogP contribution in [-0.2, 0) is 9.53 Å². The van der Waals surface area contributed by atoms with Gasteiger partial charge < -0.3 is 9.47 Å². The van der Waals surface area contributed by atoms with E-state index in [0.717, 1.165) is 16.9 Å². The Kier molecular flexibility index (Phi) is 7.47. The number of esters is 1. The molecule has 0 bridgehead atoms. The Hall–Kier alpha value is -4.49. The SMILES string of the molecule is CCOC(=O)C1=C(C)N=c2s/c(=C/c3cccc(Oc4ccccc4)c3)c(=O)n2C1/C=C/c1ccccc1. The fourth-order valence-corrected chi connectivity index (χ4v) is 5.28. The summed E-state index contributed by atoms with van der Waals surface area (Å²) in [5.41, 5.74) is 2.46. The van der Waals surface area contributed by atoms with Crippen LogP contribution in [-0.4, -0.2) is 17.1 Å². The van der Waals surface area contributed by atoms with Crippen LogP contribution in [0, 0.1) is 0 Å². The highest BCUT2D eigenvalue weighted by molar-refractivity contribution is 7.07. The quantitative estimate of drug-likeness (QED) is 0.311. The van der Waals surface area contributed by atoms with Crippen molar-refractivity contribution in [1.29, 1.82) is 0 Å². The molecular weight excluding hydrogens is 496 g/mol. The molecule has 38 heavy (non-hydrogen) atoms. The van der Waals surface area contributed by atoms with E-state index < -0.39 is 12.0 Å². The Bertz CT molecular complexity index is 1700. The first-order valence-electron chi connectivity index (χ1n) is 12.3. The van der Waals surface area contributed by atoms with Gasteiger partial charge in [-0.25, -0.2) is 9.79 Å². The highest BCUT2D eigenvalue weighted by Crippen LogP contribution is 2.27. The molecule has 6 nitrogen and oxygen atoms in total. The minimum absolute atomic E-state index is 0.222. The molecule has 0 aliphatic carbocycles. The normalized spacial score (nSPS) is 15.3. The van der Waals surface area contributed by atoms with Crippen molar-refractivity contribution in [3.8, 4) is 11.5 Å². The Morgan fingerprint density at radius 2 is 1.66 bits per heavy atom. The number of carbonyl (C=O) groups excluding carboxylic acids is 1. The van der Waals surface area contributed by atoms with Gasteiger partial charge in [-0.2, -0.15) is 0 Å². The van der Waals surface area contributed by atoms with Gasteiger partial charge in [0, 0.05) is 0 Å². The summed E-state index contributed by atoms with van der Waals surface area (Å²) >= 11 is 1.29. The smallest absolute Gasteiger partial charge is 0.338 e. The molecule has 0 spiro atoms. The van der Waals surface area contributed by atoms with Crippen molar-refractivity contribution in [2.75, 3.05) is 6.61 Å². The first kappa shape index (κ1) is 25.2. The van der Waals surface area contributed by atoms with Gasteiger partial charge in [0.05, 0.1) is 28.5 Å². The summed E-state index contributed by atoms with van der Waals surface area (Å²) in [6.07, 6.45) is 5.59. The second-order valence-electron chi connectivity index (χ2n) is 8.60. The van der Waals surface area contributed by atoms with Crippen LogP contribution in [0.5, 0.6) is 11.5 Å². The van der Waals surface area contributed by atoms with Gasteiger partial charge in [0.15, 0.2) is 4.80 Å². The highest BCUT2D eigenvalue weighted by atomic mass is 32.1. The van der Waals surface area contributed by atoms with Crippen LogP contribution in [0.3, 0.4) is 0 Å². The maximum Gasteiger partial charge on any atom is 0.338 e. The molecule has 0 saturated carbocycles. The lowest BCUT2D eigenvalue weighted by atomic mass is 10.0. The number of hydrogen-bond acceptors (Lipinski definition) is 6. The topological polar surface area (TPSA) is 69.9 Å². The molecule has 1 unspecified atom stereocenters. The van der Waals surface area contributed by atoms with Crippen molar-refractivity contribution in [3.05, 3.63) is 133 Å². The van der Waals surface area contributed by atoms with Crippen LogP contribution in [0.25, 0.3) is 12.2 Å². The predicted octanol–water partition coefficient (Wildman–Crippen LogP) is 5.26. The van der Waals surface area contributed by atoms with Crippen molar-refractivity contribution >= 4 is 29.5 Å². The zero-order valence-electron chi connectivity index (χ0n) is 21.0. The number of allylic oxidation sites excluding steroid dienone is 2. The van der Waals surface area contributed by atoms with E-state index in [-0.39, 0.29) is 12.2 Å². The lowest BCUT2D eigenvalue weighted by Crippen LogP contribution is -2.38. The van der Waals surface area contributed by atoms with Crippen molar-refractivity contribution in [1.82, 2.24) is 4.57 Å².